The van der Waals surface area contributed by atoms with Crippen molar-refractivity contribution in [3.63, 3.8) is 0 Å². The zero-order chi connectivity index (χ0) is 27.3. The minimum absolute atomic E-state index is 0.272. The summed E-state index contributed by atoms with van der Waals surface area (Å²) in [7, 11) is 4.01. The molecule has 8 rings (SSSR count). The zero-order valence-electron chi connectivity index (χ0n) is 21.3. The fourth-order valence-corrected chi connectivity index (χ4v) is 6.11. The van der Waals surface area contributed by atoms with Crippen LogP contribution in [0.15, 0.2) is 81.6 Å². The normalized spacial score (nSPS) is 12.0. The number of para-hydroxylation sites is 2. The largest absolute Gasteiger partial charge is 0.449 e. The summed E-state index contributed by atoms with van der Waals surface area (Å²) in [5.41, 5.74) is 3.52. The summed E-state index contributed by atoms with van der Waals surface area (Å²) >= 11 is 0. The molecule has 0 spiro atoms. The topological polar surface area (TPSA) is 72.8 Å². The van der Waals surface area contributed by atoms with Crippen LogP contribution >= 0.6 is 0 Å². The number of fused-ring (bicyclic) bond motifs is 12. The first-order valence-corrected chi connectivity index (χ1v) is 12.6. The van der Waals surface area contributed by atoms with E-state index in [0.29, 0.717) is 11.2 Å². The Morgan fingerprint density at radius 2 is 1.20 bits per heavy atom. The third kappa shape index (κ3) is 2.76. The number of aryl methyl sites for hydroxylation is 2. The second-order valence-electron chi connectivity index (χ2n) is 9.86. The van der Waals surface area contributed by atoms with Crippen LogP contribution in [0.3, 0.4) is 0 Å². The van der Waals surface area contributed by atoms with Crippen LogP contribution in [0, 0.1) is 23.1 Å². The van der Waals surface area contributed by atoms with Crippen molar-refractivity contribution >= 4 is 76.8 Å². The Kier molecular flexibility index (Phi) is 4.40. The number of nitriles is 1. The van der Waals surface area contributed by atoms with E-state index in [1.54, 1.807) is 18.2 Å². The van der Waals surface area contributed by atoms with Crippen molar-refractivity contribution in [3.8, 4) is 6.07 Å². The number of rotatable bonds is 0. The maximum atomic E-state index is 14.7. The van der Waals surface area contributed by atoms with Crippen LogP contribution in [-0.2, 0) is 14.1 Å². The first kappa shape index (κ1) is 22.6. The second kappa shape index (κ2) is 7.80. The van der Waals surface area contributed by atoms with Crippen molar-refractivity contribution in [2.24, 2.45) is 14.1 Å². The number of pyridine rings is 1. The maximum Gasteiger partial charge on any atom is 0.267 e. The lowest BCUT2D eigenvalue weighted by atomic mass is 10.00. The molecule has 0 fully saturated rings. The Labute approximate surface area is 224 Å². The predicted octanol–water partition coefficient (Wildman–Crippen LogP) is 8.29. The molecule has 0 saturated carbocycles. The van der Waals surface area contributed by atoms with Gasteiger partial charge in [-0.25, -0.2) is 4.39 Å². The minimum atomic E-state index is -1.43. The third-order valence-corrected chi connectivity index (χ3v) is 7.88. The van der Waals surface area contributed by atoms with E-state index >= 15 is 0 Å². The first-order valence-electron chi connectivity index (χ1n) is 12.6. The SMILES string of the molecule is Cn1c2ccccc2c2c3c(ccc21)oc1nc(F)c(F)c(C#N)c1oc1ccc2c(c4ccccc4n2C)c13. The van der Waals surface area contributed by atoms with Gasteiger partial charge in [0, 0.05) is 68.5 Å². The Hall–Kier alpha value is -5.42. The Bertz CT molecular complexity index is 2500. The van der Waals surface area contributed by atoms with Crippen LogP contribution < -0.4 is 0 Å². The molecular weight excluding hydrogens is 510 g/mol. The second-order valence-corrected chi connectivity index (χ2v) is 9.86. The van der Waals surface area contributed by atoms with E-state index in [4.69, 9.17) is 8.83 Å². The van der Waals surface area contributed by atoms with Crippen LogP contribution in [-0.4, -0.2) is 14.1 Å². The number of halogens is 2. The van der Waals surface area contributed by atoms with Crippen LogP contribution in [0.25, 0.3) is 76.8 Å². The van der Waals surface area contributed by atoms with Crippen LogP contribution in [0.2, 0.25) is 0 Å². The Morgan fingerprint density at radius 3 is 1.75 bits per heavy atom. The molecule has 0 aliphatic heterocycles. The summed E-state index contributed by atoms with van der Waals surface area (Å²) in [6.07, 6.45) is 0. The van der Waals surface area contributed by atoms with Crippen LogP contribution in [0.4, 0.5) is 8.78 Å². The molecule has 0 amide bonds. The van der Waals surface area contributed by atoms with Crippen molar-refractivity contribution in [3.05, 3.63) is 90.1 Å². The van der Waals surface area contributed by atoms with Gasteiger partial charge in [-0.1, -0.05) is 36.4 Å². The molecule has 0 bridgehead atoms. The first-order chi connectivity index (χ1) is 19.5. The van der Waals surface area contributed by atoms with E-state index in [1.165, 1.54) is 0 Å². The standard InChI is InChI=1S/C32H18F2N4O2/c1-37-19-9-5-3-7-16(19)25-21(37)11-13-23-27(25)28-24(40-32-30(39-23)18(15-35)29(33)31(34)36-32)14-12-22-26(28)17-8-4-6-10-20(17)38(22)2/h3-14H,1-2H3. The fourth-order valence-electron chi connectivity index (χ4n) is 6.11. The average Bonchev–Trinajstić information content (AvgIpc) is 3.42. The van der Waals surface area contributed by atoms with E-state index in [1.807, 2.05) is 62.6 Å². The highest BCUT2D eigenvalue weighted by atomic mass is 19.2. The zero-order valence-corrected chi connectivity index (χ0v) is 21.3. The Balaban J connectivity index is 1.81. The highest BCUT2D eigenvalue weighted by molar-refractivity contribution is 6.33. The quantitative estimate of drug-likeness (QED) is 0.186. The van der Waals surface area contributed by atoms with Gasteiger partial charge in [0.1, 0.15) is 22.8 Å². The molecule has 192 valence electrons. The van der Waals surface area contributed by atoms with Gasteiger partial charge in [-0.05, 0) is 36.4 Å². The molecule has 0 saturated heterocycles. The third-order valence-electron chi connectivity index (χ3n) is 7.88. The molecule has 0 radical (unpaired) electrons. The number of hydrogen-bond donors (Lipinski definition) is 0. The van der Waals surface area contributed by atoms with E-state index in [9.17, 15) is 14.0 Å². The van der Waals surface area contributed by atoms with Crippen molar-refractivity contribution in [1.82, 2.24) is 14.1 Å². The Morgan fingerprint density at radius 1 is 0.675 bits per heavy atom. The van der Waals surface area contributed by atoms with Crippen molar-refractivity contribution < 1.29 is 17.6 Å². The van der Waals surface area contributed by atoms with Gasteiger partial charge in [0.25, 0.3) is 11.7 Å². The molecule has 6 nitrogen and oxygen atoms in total. The summed E-state index contributed by atoms with van der Waals surface area (Å²) in [5, 5.41) is 15.1. The molecule has 0 N–H and O–H groups in total. The number of nitrogens with zero attached hydrogens (tertiary/aromatic N) is 4. The molecule has 4 heterocycles. The highest BCUT2D eigenvalue weighted by Gasteiger charge is 2.22. The van der Waals surface area contributed by atoms with Gasteiger partial charge in [0.15, 0.2) is 5.82 Å². The summed E-state index contributed by atoms with van der Waals surface area (Å²) < 4.78 is 46.0. The molecule has 4 aromatic carbocycles. The van der Waals surface area contributed by atoms with Crippen LogP contribution in [0.1, 0.15) is 5.56 Å². The van der Waals surface area contributed by atoms with Gasteiger partial charge in [-0.15, -0.1) is 0 Å². The molecule has 0 aliphatic carbocycles. The highest BCUT2D eigenvalue weighted by Crippen LogP contribution is 2.43. The monoisotopic (exact) mass is 528 g/mol. The van der Waals surface area contributed by atoms with Gasteiger partial charge in [-0.3, -0.25) is 0 Å². The molecular formula is C32H18F2N4O2. The molecule has 8 aromatic rings. The van der Waals surface area contributed by atoms with Crippen LogP contribution in [0.5, 0.6) is 0 Å². The maximum absolute atomic E-state index is 14.7. The van der Waals surface area contributed by atoms with Crippen molar-refractivity contribution in [2.45, 2.75) is 0 Å². The molecule has 0 aliphatic rings. The van der Waals surface area contributed by atoms with E-state index < -0.39 is 17.3 Å². The van der Waals surface area contributed by atoms with E-state index in [2.05, 4.69) is 26.3 Å². The molecule has 0 unspecified atom stereocenters. The summed E-state index contributed by atoms with van der Waals surface area (Å²) in [5.74, 6) is -2.82. The summed E-state index contributed by atoms with van der Waals surface area (Å²) in [6, 6.07) is 25.3. The smallest absolute Gasteiger partial charge is 0.267 e. The molecule has 4 aromatic heterocycles. The van der Waals surface area contributed by atoms with Gasteiger partial charge in [0.05, 0.1) is 0 Å². The lowest BCUT2D eigenvalue weighted by Crippen LogP contribution is -1.96. The molecule has 0 atom stereocenters. The summed E-state index contributed by atoms with van der Waals surface area (Å²) in [4.78, 5) is 3.71. The van der Waals surface area contributed by atoms with Crippen molar-refractivity contribution in [2.75, 3.05) is 0 Å². The van der Waals surface area contributed by atoms with E-state index in [-0.39, 0.29) is 11.3 Å². The number of hydrogen-bond acceptors (Lipinski definition) is 4. The average molecular weight is 529 g/mol. The minimum Gasteiger partial charge on any atom is -0.449 e. The summed E-state index contributed by atoms with van der Waals surface area (Å²) in [6.45, 7) is 0. The number of aromatic nitrogens is 3. The number of benzene rings is 4. The van der Waals surface area contributed by atoms with Gasteiger partial charge >= 0.3 is 0 Å². The lowest BCUT2D eigenvalue weighted by Gasteiger charge is -2.08. The van der Waals surface area contributed by atoms with Gasteiger partial charge < -0.3 is 18.0 Å². The lowest BCUT2D eigenvalue weighted by molar-refractivity contribution is 0.468. The van der Waals surface area contributed by atoms with Gasteiger partial charge in [0.2, 0.25) is 5.58 Å². The van der Waals surface area contributed by atoms with E-state index in [0.717, 1.165) is 54.4 Å². The molecule has 8 heteroatoms. The predicted molar refractivity (Wildman–Crippen MR) is 152 cm³/mol. The van der Waals surface area contributed by atoms with Crippen molar-refractivity contribution in [1.29, 1.82) is 5.26 Å². The van der Waals surface area contributed by atoms with Gasteiger partial charge in [-0.2, -0.15) is 14.6 Å². The molecule has 40 heavy (non-hydrogen) atoms. The fraction of sp³-hybridized carbons (Fsp3) is 0.0625.